The van der Waals surface area contributed by atoms with E-state index in [4.69, 9.17) is 16.3 Å². The number of halogens is 1. The summed E-state index contributed by atoms with van der Waals surface area (Å²) >= 11 is 7.65. The van der Waals surface area contributed by atoms with Crippen LogP contribution >= 0.6 is 22.9 Å². The molecular formula is C21H25ClN2O3S. The molecule has 2 heterocycles. The van der Waals surface area contributed by atoms with Crippen molar-refractivity contribution in [1.29, 1.82) is 0 Å². The van der Waals surface area contributed by atoms with Crippen molar-refractivity contribution in [3.8, 4) is 5.75 Å². The van der Waals surface area contributed by atoms with Crippen LogP contribution in [0.25, 0.3) is 0 Å². The van der Waals surface area contributed by atoms with Crippen molar-refractivity contribution in [2.75, 3.05) is 19.7 Å². The highest BCUT2D eigenvalue weighted by atomic mass is 35.5. The number of nitrogens with zero attached hydrogens (tertiary/aromatic N) is 2. The molecule has 0 saturated carbocycles. The minimum Gasteiger partial charge on any atom is -0.491 e. The SMILES string of the molecule is CC(=O)N(CC(=O)N1CCc2sccc2[C@H]1COc1ccc(Cl)cc1)C(C)C. The van der Waals surface area contributed by atoms with Gasteiger partial charge in [0.2, 0.25) is 11.8 Å². The molecule has 0 bridgehead atoms. The van der Waals surface area contributed by atoms with Gasteiger partial charge in [0.05, 0.1) is 12.6 Å². The molecule has 1 aliphatic heterocycles. The normalized spacial score (nSPS) is 16.0. The number of benzene rings is 1. The van der Waals surface area contributed by atoms with Crippen LogP contribution in [0.5, 0.6) is 5.75 Å². The van der Waals surface area contributed by atoms with Crippen molar-refractivity contribution >= 4 is 34.8 Å². The topological polar surface area (TPSA) is 49.9 Å². The van der Waals surface area contributed by atoms with Gasteiger partial charge in [0.15, 0.2) is 0 Å². The first-order valence-electron chi connectivity index (χ1n) is 9.38. The number of carbonyl (C=O) groups excluding carboxylic acids is 2. The summed E-state index contributed by atoms with van der Waals surface area (Å²) in [5.41, 5.74) is 1.14. The van der Waals surface area contributed by atoms with Gasteiger partial charge >= 0.3 is 0 Å². The summed E-state index contributed by atoms with van der Waals surface area (Å²) in [6, 6.07) is 9.09. The summed E-state index contributed by atoms with van der Waals surface area (Å²) < 4.78 is 5.98. The summed E-state index contributed by atoms with van der Waals surface area (Å²) in [7, 11) is 0. The molecule has 0 saturated heterocycles. The van der Waals surface area contributed by atoms with E-state index in [1.165, 1.54) is 11.8 Å². The fourth-order valence-electron chi connectivity index (χ4n) is 3.47. The summed E-state index contributed by atoms with van der Waals surface area (Å²) in [4.78, 5) is 29.7. The van der Waals surface area contributed by atoms with Gasteiger partial charge in [-0.25, -0.2) is 0 Å². The van der Waals surface area contributed by atoms with Crippen LogP contribution in [0.2, 0.25) is 5.02 Å². The Morgan fingerprint density at radius 1 is 1.29 bits per heavy atom. The van der Waals surface area contributed by atoms with Crippen LogP contribution in [0.4, 0.5) is 0 Å². The Morgan fingerprint density at radius 2 is 2.00 bits per heavy atom. The molecule has 1 aromatic carbocycles. The maximum absolute atomic E-state index is 13.1. The molecule has 0 radical (unpaired) electrons. The number of ether oxygens (including phenoxy) is 1. The van der Waals surface area contributed by atoms with Crippen molar-refractivity contribution in [3.05, 3.63) is 51.2 Å². The van der Waals surface area contributed by atoms with Crippen LogP contribution in [0.3, 0.4) is 0 Å². The first-order valence-corrected chi connectivity index (χ1v) is 10.6. The zero-order valence-electron chi connectivity index (χ0n) is 16.4. The molecule has 2 amide bonds. The maximum atomic E-state index is 13.1. The molecule has 150 valence electrons. The van der Waals surface area contributed by atoms with E-state index < -0.39 is 0 Å². The Morgan fingerprint density at radius 3 is 2.64 bits per heavy atom. The summed E-state index contributed by atoms with van der Waals surface area (Å²) in [5, 5.41) is 2.71. The Bertz CT molecular complexity index is 834. The molecule has 1 atom stereocenters. The highest BCUT2D eigenvalue weighted by Gasteiger charge is 2.33. The monoisotopic (exact) mass is 420 g/mol. The van der Waals surface area contributed by atoms with E-state index >= 15 is 0 Å². The quantitative estimate of drug-likeness (QED) is 0.704. The number of hydrogen-bond acceptors (Lipinski definition) is 4. The predicted octanol–water partition coefficient (Wildman–Crippen LogP) is 4.16. The molecule has 0 N–H and O–H groups in total. The van der Waals surface area contributed by atoms with Gasteiger partial charge in [-0.05, 0) is 61.5 Å². The molecule has 5 nitrogen and oxygen atoms in total. The number of carbonyl (C=O) groups is 2. The molecule has 7 heteroatoms. The van der Waals surface area contributed by atoms with E-state index in [9.17, 15) is 9.59 Å². The molecule has 1 aromatic heterocycles. The zero-order valence-corrected chi connectivity index (χ0v) is 17.9. The van der Waals surface area contributed by atoms with E-state index in [0.717, 1.165) is 12.0 Å². The molecule has 28 heavy (non-hydrogen) atoms. The molecule has 2 aromatic rings. The molecule has 0 aliphatic carbocycles. The third-order valence-corrected chi connectivity index (χ3v) is 6.22. The van der Waals surface area contributed by atoms with Crippen molar-refractivity contribution in [3.63, 3.8) is 0 Å². The predicted molar refractivity (Wildman–Crippen MR) is 112 cm³/mol. The van der Waals surface area contributed by atoms with Crippen molar-refractivity contribution in [2.45, 2.75) is 39.3 Å². The highest BCUT2D eigenvalue weighted by molar-refractivity contribution is 7.10. The summed E-state index contributed by atoms with van der Waals surface area (Å²) in [6.45, 7) is 6.42. The Labute approximate surface area is 174 Å². The minimum absolute atomic E-state index is 0.0216. The standard InChI is InChI=1S/C21H25ClN2O3S/c1-14(2)24(15(3)25)12-21(26)23-10-8-20-18(9-11-28-20)19(23)13-27-17-6-4-16(22)5-7-17/h4-7,9,11,14,19H,8,10,12-13H2,1-3H3/t19-/m1/s1. The maximum Gasteiger partial charge on any atom is 0.242 e. The fourth-order valence-corrected chi connectivity index (χ4v) is 4.53. The van der Waals surface area contributed by atoms with Gasteiger partial charge in [0, 0.05) is 29.4 Å². The van der Waals surface area contributed by atoms with E-state index in [-0.39, 0.29) is 30.4 Å². The number of amides is 2. The first-order chi connectivity index (χ1) is 13.4. The molecule has 0 spiro atoms. The van der Waals surface area contributed by atoms with Gasteiger partial charge < -0.3 is 14.5 Å². The molecular weight excluding hydrogens is 396 g/mol. The average molecular weight is 421 g/mol. The average Bonchev–Trinajstić information content (AvgIpc) is 3.13. The van der Waals surface area contributed by atoms with Crippen LogP contribution < -0.4 is 4.74 Å². The molecule has 0 unspecified atom stereocenters. The second-order valence-corrected chi connectivity index (χ2v) is 8.59. The summed E-state index contributed by atoms with van der Waals surface area (Å²) in [5.74, 6) is 0.572. The lowest BCUT2D eigenvalue weighted by atomic mass is 10.0. The molecule has 0 fully saturated rings. The van der Waals surface area contributed by atoms with Crippen molar-refractivity contribution in [2.24, 2.45) is 0 Å². The molecule has 3 rings (SSSR count). The van der Waals surface area contributed by atoms with Crippen LogP contribution in [-0.4, -0.2) is 47.4 Å². The largest absolute Gasteiger partial charge is 0.491 e. The second-order valence-electron chi connectivity index (χ2n) is 7.16. The van der Waals surface area contributed by atoms with Crippen LogP contribution in [0.15, 0.2) is 35.7 Å². The van der Waals surface area contributed by atoms with Gasteiger partial charge in [-0.2, -0.15) is 0 Å². The Balaban J connectivity index is 1.77. The van der Waals surface area contributed by atoms with Gasteiger partial charge in [0.25, 0.3) is 0 Å². The van der Waals surface area contributed by atoms with Gasteiger partial charge in [-0.1, -0.05) is 11.6 Å². The lowest BCUT2D eigenvalue weighted by molar-refractivity contribution is -0.143. The van der Waals surface area contributed by atoms with Gasteiger partial charge in [-0.3, -0.25) is 9.59 Å². The minimum atomic E-state index is -0.167. The van der Waals surface area contributed by atoms with Crippen LogP contribution in [0, 0.1) is 0 Å². The Kier molecular flexibility index (Phi) is 6.62. The zero-order chi connectivity index (χ0) is 20.3. The van der Waals surface area contributed by atoms with Crippen molar-refractivity contribution < 1.29 is 14.3 Å². The second kappa shape index (κ2) is 8.97. The van der Waals surface area contributed by atoms with E-state index in [1.54, 1.807) is 28.4 Å². The smallest absolute Gasteiger partial charge is 0.242 e. The number of hydrogen-bond donors (Lipinski definition) is 0. The van der Waals surface area contributed by atoms with Gasteiger partial charge in [-0.15, -0.1) is 11.3 Å². The first kappa shape index (κ1) is 20.7. The summed E-state index contributed by atoms with van der Waals surface area (Å²) in [6.07, 6.45) is 0.831. The Hall–Kier alpha value is -2.05. The van der Waals surface area contributed by atoms with Gasteiger partial charge in [0.1, 0.15) is 12.4 Å². The van der Waals surface area contributed by atoms with E-state index in [0.29, 0.717) is 23.9 Å². The van der Waals surface area contributed by atoms with Crippen LogP contribution in [0.1, 0.15) is 37.3 Å². The lowest BCUT2D eigenvalue weighted by Gasteiger charge is -2.37. The number of rotatable bonds is 6. The molecule has 1 aliphatic rings. The lowest BCUT2D eigenvalue weighted by Crippen LogP contribution is -2.49. The van der Waals surface area contributed by atoms with E-state index in [1.807, 2.05) is 30.9 Å². The third-order valence-electron chi connectivity index (χ3n) is 4.97. The van der Waals surface area contributed by atoms with Crippen molar-refractivity contribution in [1.82, 2.24) is 9.80 Å². The van der Waals surface area contributed by atoms with E-state index in [2.05, 4.69) is 11.4 Å². The third kappa shape index (κ3) is 4.67. The highest BCUT2D eigenvalue weighted by Crippen LogP contribution is 2.34. The number of fused-ring (bicyclic) bond motifs is 1. The van der Waals surface area contributed by atoms with Crippen LogP contribution in [-0.2, 0) is 16.0 Å². The number of thiophene rings is 1. The fraction of sp³-hybridized carbons (Fsp3) is 0.429.